The molecule has 1 rings (SSSR count). The van der Waals surface area contributed by atoms with Gasteiger partial charge in [0.25, 0.3) is 0 Å². The molecular formula is C11H10Cl2O2. The highest BCUT2D eigenvalue weighted by atomic mass is 35.5. The number of hydrogen-bond acceptors (Lipinski definition) is 1. The lowest BCUT2D eigenvalue weighted by Gasteiger charge is -2.05. The summed E-state index contributed by atoms with van der Waals surface area (Å²) >= 11 is 11.6. The van der Waals surface area contributed by atoms with Crippen LogP contribution in [0.3, 0.4) is 0 Å². The lowest BCUT2D eigenvalue weighted by Crippen LogP contribution is -1.99. The van der Waals surface area contributed by atoms with E-state index in [-0.39, 0.29) is 0 Å². The first-order valence-corrected chi connectivity index (χ1v) is 5.05. The van der Waals surface area contributed by atoms with Crippen LogP contribution in [-0.4, -0.2) is 11.1 Å². The van der Waals surface area contributed by atoms with E-state index in [1.165, 1.54) is 0 Å². The van der Waals surface area contributed by atoms with Crippen LogP contribution < -0.4 is 0 Å². The fourth-order valence-electron chi connectivity index (χ4n) is 1.11. The zero-order valence-electron chi connectivity index (χ0n) is 8.34. The SMILES string of the molecule is C/C(C(=O)O)=C(/C)c1ccc(Cl)c(Cl)c1. The lowest BCUT2D eigenvalue weighted by atomic mass is 10.0. The van der Waals surface area contributed by atoms with Crippen LogP contribution >= 0.6 is 23.2 Å². The Labute approximate surface area is 98.1 Å². The summed E-state index contributed by atoms with van der Waals surface area (Å²) in [6.07, 6.45) is 0. The third kappa shape index (κ3) is 2.74. The second kappa shape index (κ2) is 4.69. The van der Waals surface area contributed by atoms with Crippen LogP contribution in [0, 0.1) is 0 Å². The molecule has 1 aromatic carbocycles. The van der Waals surface area contributed by atoms with Crippen molar-refractivity contribution in [2.75, 3.05) is 0 Å². The van der Waals surface area contributed by atoms with Crippen LogP contribution in [0.15, 0.2) is 23.8 Å². The summed E-state index contributed by atoms with van der Waals surface area (Å²) in [6.45, 7) is 3.29. The van der Waals surface area contributed by atoms with Gasteiger partial charge in [0.1, 0.15) is 0 Å². The van der Waals surface area contributed by atoms with E-state index in [1.54, 1.807) is 32.0 Å². The number of carbonyl (C=O) groups is 1. The molecule has 4 heteroatoms. The summed E-state index contributed by atoms with van der Waals surface area (Å²) in [4.78, 5) is 10.7. The van der Waals surface area contributed by atoms with Crippen LogP contribution in [0.4, 0.5) is 0 Å². The number of allylic oxidation sites excluding steroid dienone is 1. The van der Waals surface area contributed by atoms with Gasteiger partial charge in [-0.05, 0) is 37.1 Å². The summed E-state index contributed by atoms with van der Waals surface area (Å²) in [5.41, 5.74) is 1.75. The molecule has 0 saturated carbocycles. The molecule has 80 valence electrons. The molecule has 2 nitrogen and oxygen atoms in total. The third-order valence-corrected chi connectivity index (χ3v) is 2.97. The number of benzene rings is 1. The zero-order chi connectivity index (χ0) is 11.6. The molecule has 0 amide bonds. The fourth-order valence-corrected chi connectivity index (χ4v) is 1.40. The predicted molar refractivity (Wildman–Crippen MR) is 62.4 cm³/mol. The Hall–Kier alpha value is -0.990. The molecule has 0 aliphatic heterocycles. The van der Waals surface area contributed by atoms with Crippen LogP contribution in [-0.2, 0) is 4.79 Å². The van der Waals surface area contributed by atoms with Gasteiger partial charge in [-0.3, -0.25) is 0 Å². The van der Waals surface area contributed by atoms with Crippen LogP contribution in [0.1, 0.15) is 19.4 Å². The van der Waals surface area contributed by atoms with Crippen molar-refractivity contribution in [3.8, 4) is 0 Å². The van der Waals surface area contributed by atoms with E-state index < -0.39 is 5.97 Å². The summed E-state index contributed by atoms with van der Waals surface area (Å²) in [7, 11) is 0. The molecule has 0 fully saturated rings. The number of hydrogen-bond donors (Lipinski definition) is 1. The molecule has 0 saturated heterocycles. The molecule has 1 N–H and O–H groups in total. The predicted octanol–water partition coefficient (Wildman–Crippen LogP) is 3.87. The van der Waals surface area contributed by atoms with E-state index >= 15 is 0 Å². The minimum absolute atomic E-state index is 0.299. The van der Waals surface area contributed by atoms with Gasteiger partial charge in [0, 0.05) is 5.57 Å². The minimum atomic E-state index is -0.932. The largest absolute Gasteiger partial charge is 0.478 e. The average Bonchev–Trinajstić information content (AvgIpc) is 2.19. The smallest absolute Gasteiger partial charge is 0.331 e. The van der Waals surface area contributed by atoms with Crippen LogP contribution in [0.5, 0.6) is 0 Å². The van der Waals surface area contributed by atoms with Gasteiger partial charge in [-0.15, -0.1) is 0 Å². The summed E-state index contributed by atoms with van der Waals surface area (Å²) < 4.78 is 0. The molecule has 0 spiro atoms. The number of halogens is 2. The number of rotatable bonds is 2. The molecule has 15 heavy (non-hydrogen) atoms. The van der Waals surface area contributed by atoms with E-state index in [4.69, 9.17) is 28.3 Å². The highest BCUT2D eigenvalue weighted by Gasteiger charge is 2.08. The van der Waals surface area contributed by atoms with Crippen molar-refractivity contribution in [1.29, 1.82) is 0 Å². The molecule has 0 aromatic heterocycles. The minimum Gasteiger partial charge on any atom is -0.478 e. The van der Waals surface area contributed by atoms with Crippen molar-refractivity contribution >= 4 is 34.7 Å². The normalized spacial score (nSPS) is 12.3. The van der Waals surface area contributed by atoms with E-state index in [2.05, 4.69) is 0 Å². The maximum atomic E-state index is 10.7. The van der Waals surface area contributed by atoms with Gasteiger partial charge in [0.05, 0.1) is 10.0 Å². The Morgan fingerprint density at radius 1 is 1.20 bits per heavy atom. The van der Waals surface area contributed by atoms with Crippen molar-refractivity contribution in [2.24, 2.45) is 0 Å². The number of carboxylic acid groups (broad SMARTS) is 1. The topological polar surface area (TPSA) is 37.3 Å². The van der Waals surface area contributed by atoms with Crippen molar-refractivity contribution in [2.45, 2.75) is 13.8 Å². The molecular weight excluding hydrogens is 235 g/mol. The summed E-state index contributed by atoms with van der Waals surface area (Å²) in [5.74, 6) is -0.932. The van der Waals surface area contributed by atoms with Gasteiger partial charge in [-0.1, -0.05) is 29.3 Å². The van der Waals surface area contributed by atoms with Crippen LogP contribution in [0.2, 0.25) is 10.0 Å². The molecule has 0 unspecified atom stereocenters. The molecule has 0 aliphatic rings. The second-order valence-corrected chi connectivity index (χ2v) is 4.00. The first-order valence-electron chi connectivity index (χ1n) is 4.29. The molecule has 0 atom stereocenters. The lowest BCUT2D eigenvalue weighted by molar-refractivity contribution is -0.132. The first kappa shape index (κ1) is 12.1. The van der Waals surface area contributed by atoms with E-state index in [9.17, 15) is 4.79 Å². The Morgan fingerprint density at radius 3 is 2.27 bits per heavy atom. The van der Waals surface area contributed by atoms with Gasteiger partial charge in [0.2, 0.25) is 0 Å². The highest BCUT2D eigenvalue weighted by Crippen LogP contribution is 2.27. The summed E-state index contributed by atoms with van der Waals surface area (Å²) in [5, 5.41) is 9.70. The molecule has 1 aromatic rings. The van der Waals surface area contributed by atoms with E-state index in [0.717, 1.165) is 5.56 Å². The van der Waals surface area contributed by atoms with Crippen molar-refractivity contribution in [3.63, 3.8) is 0 Å². The van der Waals surface area contributed by atoms with Gasteiger partial charge in [0.15, 0.2) is 0 Å². The summed E-state index contributed by atoms with van der Waals surface area (Å²) in [6, 6.07) is 5.06. The fraction of sp³-hybridized carbons (Fsp3) is 0.182. The van der Waals surface area contributed by atoms with Gasteiger partial charge >= 0.3 is 5.97 Å². The van der Waals surface area contributed by atoms with Gasteiger partial charge < -0.3 is 5.11 Å². The van der Waals surface area contributed by atoms with Gasteiger partial charge in [-0.2, -0.15) is 0 Å². The van der Waals surface area contributed by atoms with E-state index in [1.807, 2.05) is 0 Å². The zero-order valence-corrected chi connectivity index (χ0v) is 9.86. The average molecular weight is 245 g/mol. The number of aliphatic carboxylic acids is 1. The highest BCUT2D eigenvalue weighted by molar-refractivity contribution is 6.42. The first-order chi connectivity index (χ1) is 6.93. The molecule has 0 aliphatic carbocycles. The standard InChI is InChI=1S/C11H10Cl2O2/c1-6(7(2)11(14)15)8-3-4-9(12)10(13)5-8/h3-5H,1-2H3,(H,14,15)/b7-6+. The maximum absolute atomic E-state index is 10.7. The Kier molecular flexibility index (Phi) is 3.77. The quantitative estimate of drug-likeness (QED) is 0.803. The Bertz CT molecular complexity index is 436. The van der Waals surface area contributed by atoms with Gasteiger partial charge in [-0.25, -0.2) is 4.79 Å². The maximum Gasteiger partial charge on any atom is 0.331 e. The molecule has 0 radical (unpaired) electrons. The van der Waals surface area contributed by atoms with Crippen molar-refractivity contribution in [3.05, 3.63) is 39.4 Å². The molecule has 0 heterocycles. The number of carboxylic acids is 1. The van der Waals surface area contributed by atoms with Crippen LogP contribution in [0.25, 0.3) is 5.57 Å². The Morgan fingerprint density at radius 2 is 1.80 bits per heavy atom. The monoisotopic (exact) mass is 244 g/mol. The van der Waals surface area contributed by atoms with Crippen molar-refractivity contribution < 1.29 is 9.90 Å². The second-order valence-electron chi connectivity index (χ2n) is 3.18. The molecule has 0 bridgehead atoms. The third-order valence-electron chi connectivity index (χ3n) is 2.24. The van der Waals surface area contributed by atoms with Crippen molar-refractivity contribution in [1.82, 2.24) is 0 Å². The van der Waals surface area contributed by atoms with E-state index in [0.29, 0.717) is 21.2 Å². The Balaban J connectivity index is 3.23.